The first-order valence-corrected chi connectivity index (χ1v) is 10.8. The van der Waals surface area contributed by atoms with E-state index in [4.69, 9.17) is 11.6 Å². The van der Waals surface area contributed by atoms with Gasteiger partial charge in [0.05, 0.1) is 16.2 Å². The third-order valence-electron chi connectivity index (χ3n) is 5.50. The smallest absolute Gasteiger partial charge is 0.338 e. The van der Waals surface area contributed by atoms with Gasteiger partial charge in [-0.1, -0.05) is 11.6 Å². The maximum absolute atomic E-state index is 12.8. The van der Waals surface area contributed by atoms with Crippen molar-refractivity contribution in [2.75, 3.05) is 23.7 Å². The molecule has 1 spiro atoms. The van der Waals surface area contributed by atoms with Gasteiger partial charge in [-0.2, -0.15) is 13.2 Å². The molecule has 2 heterocycles. The van der Waals surface area contributed by atoms with E-state index in [-0.39, 0.29) is 17.4 Å². The Morgan fingerprint density at radius 1 is 1.00 bits per heavy atom. The van der Waals surface area contributed by atoms with Crippen LogP contribution in [0.25, 0.3) is 0 Å². The van der Waals surface area contributed by atoms with E-state index in [1.54, 1.807) is 33.7 Å². The number of hydrogen-bond donors (Lipinski definition) is 0. The maximum Gasteiger partial charge on any atom is 0.416 e. The van der Waals surface area contributed by atoms with Crippen LogP contribution >= 0.6 is 23.4 Å². The van der Waals surface area contributed by atoms with Crippen LogP contribution in [0.3, 0.4) is 0 Å². The SMILES string of the molecule is O=C(c1ccc(C(F)(F)F)cc1)N1CCC2(CC1)SCC(=O)N2c1ccc(Cl)cc1. The van der Waals surface area contributed by atoms with Gasteiger partial charge in [0.25, 0.3) is 5.91 Å². The first kappa shape index (κ1) is 21.1. The maximum atomic E-state index is 12.8. The summed E-state index contributed by atoms with van der Waals surface area (Å²) in [5.41, 5.74) is 0.219. The lowest BCUT2D eigenvalue weighted by atomic mass is 10.00. The fourth-order valence-electron chi connectivity index (χ4n) is 3.93. The van der Waals surface area contributed by atoms with Crippen LogP contribution in [0.2, 0.25) is 5.02 Å². The van der Waals surface area contributed by atoms with Gasteiger partial charge in [0.15, 0.2) is 0 Å². The predicted molar refractivity (Wildman–Crippen MR) is 111 cm³/mol. The minimum absolute atomic E-state index is 0.0184. The monoisotopic (exact) mass is 454 g/mol. The number of amides is 2. The van der Waals surface area contributed by atoms with Crippen LogP contribution in [0.1, 0.15) is 28.8 Å². The van der Waals surface area contributed by atoms with Crippen molar-refractivity contribution in [3.63, 3.8) is 0 Å². The van der Waals surface area contributed by atoms with Gasteiger partial charge in [0.1, 0.15) is 0 Å². The van der Waals surface area contributed by atoms with Crippen LogP contribution in [0.4, 0.5) is 18.9 Å². The zero-order valence-corrected chi connectivity index (χ0v) is 17.4. The van der Waals surface area contributed by atoms with Crippen LogP contribution in [-0.4, -0.2) is 40.4 Å². The lowest BCUT2D eigenvalue weighted by Gasteiger charge is -2.44. The Bertz CT molecular complexity index is 956. The number of carbonyl (C=O) groups excluding carboxylic acids is 2. The molecule has 2 aromatic carbocycles. The number of thioether (sulfide) groups is 1. The number of nitrogens with zero attached hydrogens (tertiary/aromatic N) is 2. The molecule has 2 amide bonds. The second kappa shape index (κ2) is 7.81. The second-order valence-corrected chi connectivity index (χ2v) is 9.08. The van der Waals surface area contributed by atoms with Crippen molar-refractivity contribution in [3.8, 4) is 0 Å². The highest BCUT2D eigenvalue weighted by Crippen LogP contribution is 2.47. The third-order valence-corrected chi connectivity index (χ3v) is 7.27. The number of rotatable bonds is 2. The lowest BCUT2D eigenvalue weighted by Crippen LogP contribution is -2.53. The summed E-state index contributed by atoms with van der Waals surface area (Å²) < 4.78 is 38.2. The molecule has 0 N–H and O–H groups in total. The third kappa shape index (κ3) is 3.90. The van der Waals surface area contributed by atoms with Gasteiger partial charge >= 0.3 is 6.18 Å². The van der Waals surface area contributed by atoms with Crippen molar-refractivity contribution < 1.29 is 22.8 Å². The van der Waals surface area contributed by atoms with Crippen LogP contribution in [-0.2, 0) is 11.0 Å². The van der Waals surface area contributed by atoms with Crippen molar-refractivity contribution >= 4 is 40.9 Å². The Kier molecular flexibility index (Phi) is 5.48. The number of hydrogen-bond acceptors (Lipinski definition) is 3. The summed E-state index contributed by atoms with van der Waals surface area (Å²) in [5.74, 6) is 0.0888. The number of likely N-dealkylation sites (tertiary alicyclic amines) is 1. The molecule has 0 radical (unpaired) electrons. The zero-order valence-electron chi connectivity index (χ0n) is 15.8. The summed E-state index contributed by atoms with van der Waals surface area (Å²) in [6.45, 7) is 0.842. The topological polar surface area (TPSA) is 40.6 Å². The van der Waals surface area contributed by atoms with Crippen molar-refractivity contribution in [2.45, 2.75) is 23.9 Å². The summed E-state index contributed by atoms with van der Waals surface area (Å²) >= 11 is 7.54. The van der Waals surface area contributed by atoms with E-state index in [1.807, 2.05) is 12.1 Å². The molecule has 4 nitrogen and oxygen atoms in total. The van der Waals surface area contributed by atoms with Gasteiger partial charge in [-0.25, -0.2) is 0 Å². The standard InChI is InChI=1S/C21H18ClF3N2O2S/c22-16-5-7-17(8-6-16)27-18(28)13-30-20(27)9-11-26(12-10-20)19(29)14-1-3-15(4-2-14)21(23,24)25/h1-8H,9-13H2. The van der Waals surface area contributed by atoms with Gasteiger partial charge < -0.3 is 4.90 Å². The molecule has 9 heteroatoms. The highest BCUT2D eigenvalue weighted by molar-refractivity contribution is 8.02. The van der Waals surface area contributed by atoms with Crippen molar-refractivity contribution in [3.05, 3.63) is 64.7 Å². The van der Waals surface area contributed by atoms with Crippen molar-refractivity contribution in [1.82, 2.24) is 4.90 Å². The first-order chi connectivity index (χ1) is 14.2. The normalized spacial score (nSPS) is 18.9. The van der Waals surface area contributed by atoms with Gasteiger partial charge in [-0.3, -0.25) is 14.5 Å². The average molecular weight is 455 g/mol. The molecule has 0 unspecified atom stereocenters. The van der Waals surface area contributed by atoms with Gasteiger partial charge in [0.2, 0.25) is 5.91 Å². The highest BCUT2D eigenvalue weighted by atomic mass is 35.5. The summed E-state index contributed by atoms with van der Waals surface area (Å²) in [6, 6.07) is 11.4. The minimum atomic E-state index is -4.43. The van der Waals surface area contributed by atoms with E-state index in [0.717, 1.165) is 17.8 Å². The number of piperidine rings is 1. The molecule has 2 saturated heterocycles. The fourth-order valence-corrected chi connectivity index (χ4v) is 5.39. The molecular weight excluding hydrogens is 437 g/mol. The Morgan fingerprint density at radius 2 is 1.60 bits per heavy atom. The lowest BCUT2D eigenvalue weighted by molar-refractivity contribution is -0.137. The number of anilines is 1. The van der Waals surface area contributed by atoms with E-state index in [0.29, 0.717) is 36.7 Å². The van der Waals surface area contributed by atoms with Crippen molar-refractivity contribution in [1.29, 1.82) is 0 Å². The van der Waals surface area contributed by atoms with E-state index in [2.05, 4.69) is 0 Å². The molecule has 30 heavy (non-hydrogen) atoms. The molecule has 158 valence electrons. The second-order valence-electron chi connectivity index (χ2n) is 7.31. The predicted octanol–water partition coefficient (Wildman–Crippen LogP) is 5.07. The molecule has 2 aliphatic heterocycles. The molecule has 0 bridgehead atoms. The molecular formula is C21H18ClF3N2O2S. The Hall–Kier alpha value is -2.19. The van der Waals surface area contributed by atoms with Gasteiger partial charge in [-0.15, -0.1) is 11.8 Å². The van der Waals surface area contributed by atoms with Gasteiger partial charge in [0, 0.05) is 29.4 Å². The molecule has 4 rings (SSSR count). The number of carbonyl (C=O) groups is 2. The molecule has 2 aromatic rings. The van der Waals surface area contributed by atoms with E-state index >= 15 is 0 Å². The molecule has 2 fully saturated rings. The quantitative estimate of drug-likeness (QED) is 0.636. The van der Waals surface area contributed by atoms with Crippen LogP contribution < -0.4 is 4.90 Å². The number of benzene rings is 2. The van der Waals surface area contributed by atoms with E-state index in [1.165, 1.54) is 12.1 Å². The fraction of sp³-hybridized carbons (Fsp3) is 0.333. The number of halogens is 4. The van der Waals surface area contributed by atoms with Gasteiger partial charge in [-0.05, 0) is 61.4 Å². The molecule has 0 saturated carbocycles. The first-order valence-electron chi connectivity index (χ1n) is 9.39. The van der Waals surface area contributed by atoms with Crippen LogP contribution in [0.15, 0.2) is 48.5 Å². The minimum Gasteiger partial charge on any atom is -0.338 e. The highest BCUT2D eigenvalue weighted by Gasteiger charge is 2.49. The Morgan fingerprint density at radius 3 is 2.17 bits per heavy atom. The zero-order chi connectivity index (χ0) is 21.5. The Labute approximate surface area is 181 Å². The van der Waals surface area contributed by atoms with Crippen LogP contribution in [0, 0.1) is 0 Å². The molecule has 0 aromatic heterocycles. The average Bonchev–Trinajstić information content (AvgIpc) is 3.04. The summed E-state index contributed by atoms with van der Waals surface area (Å²) in [5, 5.41) is 0.587. The summed E-state index contributed by atoms with van der Waals surface area (Å²) in [4.78, 5) is 28.3. The Balaban J connectivity index is 1.48. The summed E-state index contributed by atoms with van der Waals surface area (Å²) in [7, 11) is 0. The molecule has 0 atom stereocenters. The summed E-state index contributed by atoms with van der Waals surface area (Å²) in [6.07, 6.45) is -3.27. The van der Waals surface area contributed by atoms with E-state index in [9.17, 15) is 22.8 Å². The molecule has 2 aliphatic rings. The number of alkyl halides is 3. The largest absolute Gasteiger partial charge is 0.416 e. The molecule has 0 aliphatic carbocycles. The van der Waals surface area contributed by atoms with E-state index < -0.39 is 16.6 Å². The van der Waals surface area contributed by atoms with Crippen molar-refractivity contribution in [2.24, 2.45) is 0 Å². The van der Waals surface area contributed by atoms with Crippen LogP contribution in [0.5, 0.6) is 0 Å².